The topological polar surface area (TPSA) is 62.2 Å². The molecule has 1 aliphatic carbocycles. The minimum Gasteiger partial charge on any atom is -0.392 e. The van der Waals surface area contributed by atoms with Crippen LogP contribution in [0.4, 0.5) is 5.69 Å². The highest BCUT2D eigenvalue weighted by atomic mass is 32.1. The molecule has 2 atom stereocenters. The van der Waals surface area contributed by atoms with E-state index in [1.807, 2.05) is 18.2 Å². The number of anilines is 1. The van der Waals surface area contributed by atoms with Gasteiger partial charge in [0.1, 0.15) is 0 Å². The molecule has 1 aliphatic rings. The van der Waals surface area contributed by atoms with E-state index in [2.05, 4.69) is 10.3 Å². The fraction of sp³-hybridized carbons (Fsp3) is 0.385. The summed E-state index contributed by atoms with van der Waals surface area (Å²) in [5, 5.41) is 12.6. The molecule has 1 aromatic heterocycles. The molecule has 0 aliphatic heterocycles. The number of benzene rings is 1. The molecule has 0 bridgehead atoms. The number of carbonyl (C=O) groups excluding carboxylic acids is 1. The van der Waals surface area contributed by atoms with Crippen molar-refractivity contribution in [2.24, 2.45) is 5.92 Å². The number of rotatable bonds is 2. The maximum atomic E-state index is 12.0. The molecule has 3 rings (SSSR count). The molecule has 5 heteroatoms. The molecule has 94 valence electrons. The zero-order valence-electron chi connectivity index (χ0n) is 9.80. The molecule has 0 spiro atoms. The van der Waals surface area contributed by atoms with Crippen LogP contribution in [0.2, 0.25) is 0 Å². The van der Waals surface area contributed by atoms with E-state index >= 15 is 0 Å². The molecule has 18 heavy (non-hydrogen) atoms. The number of fused-ring (bicyclic) bond motifs is 1. The Morgan fingerprint density at radius 2 is 2.33 bits per heavy atom. The standard InChI is InChI=1S/C13H14N2O2S/c16-11-3-1-2-9(11)13(17)15-8-4-5-10-12(6-8)18-7-14-10/h4-7,9,11,16H,1-3H2,(H,15,17). The van der Waals surface area contributed by atoms with Crippen LogP contribution in [0.25, 0.3) is 10.2 Å². The summed E-state index contributed by atoms with van der Waals surface area (Å²) in [6.45, 7) is 0. The highest BCUT2D eigenvalue weighted by Gasteiger charge is 2.31. The van der Waals surface area contributed by atoms with Gasteiger partial charge in [-0.3, -0.25) is 4.79 Å². The number of nitrogens with one attached hydrogen (secondary N) is 1. The van der Waals surface area contributed by atoms with Gasteiger partial charge in [0.25, 0.3) is 0 Å². The van der Waals surface area contributed by atoms with Gasteiger partial charge in [0.05, 0.1) is 27.7 Å². The number of hydrogen-bond donors (Lipinski definition) is 2. The van der Waals surface area contributed by atoms with Gasteiger partial charge < -0.3 is 10.4 Å². The summed E-state index contributed by atoms with van der Waals surface area (Å²) in [5.41, 5.74) is 3.51. The largest absolute Gasteiger partial charge is 0.392 e. The minimum absolute atomic E-state index is 0.0798. The van der Waals surface area contributed by atoms with Gasteiger partial charge in [-0.2, -0.15) is 0 Å². The first kappa shape index (κ1) is 11.6. The molecule has 2 aromatic rings. The monoisotopic (exact) mass is 262 g/mol. The van der Waals surface area contributed by atoms with Crippen LogP contribution in [0.3, 0.4) is 0 Å². The van der Waals surface area contributed by atoms with Crippen LogP contribution in [0.1, 0.15) is 19.3 Å². The van der Waals surface area contributed by atoms with Gasteiger partial charge in [0.2, 0.25) is 5.91 Å². The van der Waals surface area contributed by atoms with Gasteiger partial charge in [-0.05, 0) is 37.5 Å². The first-order valence-corrected chi connectivity index (χ1v) is 6.94. The van der Waals surface area contributed by atoms with Crippen LogP contribution in [0.5, 0.6) is 0 Å². The molecule has 4 nitrogen and oxygen atoms in total. The summed E-state index contributed by atoms with van der Waals surface area (Å²) in [4.78, 5) is 16.2. The highest BCUT2D eigenvalue weighted by Crippen LogP contribution is 2.27. The van der Waals surface area contributed by atoms with E-state index in [4.69, 9.17) is 0 Å². The molecule has 1 aromatic carbocycles. The molecule has 1 saturated carbocycles. The number of aromatic nitrogens is 1. The lowest BCUT2D eigenvalue weighted by atomic mass is 10.1. The van der Waals surface area contributed by atoms with Crippen LogP contribution in [0.15, 0.2) is 23.7 Å². The number of carbonyl (C=O) groups is 1. The summed E-state index contributed by atoms with van der Waals surface area (Å²) >= 11 is 1.55. The third kappa shape index (κ3) is 2.11. The first-order valence-electron chi connectivity index (χ1n) is 6.06. The van der Waals surface area contributed by atoms with Crippen molar-refractivity contribution < 1.29 is 9.90 Å². The van der Waals surface area contributed by atoms with Crippen molar-refractivity contribution in [2.75, 3.05) is 5.32 Å². The highest BCUT2D eigenvalue weighted by molar-refractivity contribution is 7.16. The molecule has 1 amide bonds. The van der Waals surface area contributed by atoms with Crippen LogP contribution in [-0.4, -0.2) is 22.1 Å². The van der Waals surface area contributed by atoms with Gasteiger partial charge in [0.15, 0.2) is 0 Å². The van der Waals surface area contributed by atoms with Crippen molar-refractivity contribution in [3.05, 3.63) is 23.7 Å². The van der Waals surface area contributed by atoms with Crippen molar-refractivity contribution in [2.45, 2.75) is 25.4 Å². The Morgan fingerprint density at radius 1 is 1.44 bits per heavy atom. The number of hydrogen-bond acceptors (Lipinski definition) is 4. The van der Waals surface area contributed by atoms with Crippen molar-refractivity contribution >= 4 is 33.1 Å². The Bertz CT molecular complexity index is 581. The normalized spacial score (nSPS) is 23.4. The van der Waals surface area contributed by atoms with E-state index in [9.17, 15) is 9.90 Å². The average Bonchev–Trinajstić information content (AvgIpc) is 2.96. The van der Waals surface area contributed by atoms with E-state index in [0.717, 1.165) is 35.2 Å². The number of thiazole rings is 1. The second-order valence-corrected chi connectivity index (χ2v) is 5.52. The number of aliphatic hydroxyl groups excluding tert-OH is 1. The predicted octanol–water partition coefficient (Wildman–Crippen LogP) is 2.40. The molecule has 1 fully saturated rings. The average molecular weight is 262 g/mol. The number of aliphatic hydroxyl groups is 1. The zero-order valence-corrected chi connectivity index (χ0v) is 10.6. The Morgan fingerprint density at radius 3 is 3.11 bits per heavy atom. The Labute approximate surface area is 109 Å². The summed E-state index contributed by atoms with van der Waals surface area (Å²) in [7, 11) is 0. The maximum absolute atomic E-state index is 12.0. The van der Waals surface area contributed by atoms with E-state index < -0.39 is 6.10 Å². The van der Waals surface area contributed by atoms with Crippen molar-refractivity contribution in [1.29, 1.82) is 0 Å². The van der Waals surface area contributed by atoms with Crippen molar-refractivity contribution in [1.82, 2.24) is 4.98 Å². The SMILES string of the molecule is O=C(Nc1ccc2ncsc2c1)C1CCCC1O. The Hall–Kier alpha value is -1.46. The lowest BCUT2D eigenvalue weighted by molar-refractivity contribution is -0.122. The van der Waals surface area contributed by atoms with Gasteiger partial charge in [-0.1, -0.05) is 0 Å². The summed E-state index contributed by atoms with van der Waals surface area (Å²) < 4.78 is 1.06. The fourth-order valence-electron chi connectivity index (χ4n) is 2.41. The summed E-state index contributed by atoms with van der Waals surface area (Å²) in [6, 6.07) is 5.67. The van der Waals surface area contributed by atoms with Crippen LogP contribution in [0, 0.1) is 5.92 Å². The second-order valence-electron chi connectivity index (χ2n) is 4.63. The minimum atomic E-state index is -0.489. The quantitative estimate of drug-likeness (QED) is 0.873. The Balaban J connectivity index is 1.77. The summed E-state index contributed by atoms with van der Waals surface area (Å²) in [6.07, 6.45) is 1.94. The molecule has 1 heterocycles. The number of nitrogens with zero attached hydrogens (tertiary/aromatic N) is 1. The zero-order chi connectivity index (χ0) is 12.5. The van der Waals surface area contributed by atoms with Gasteiger partial charge in [-0.15, -0.1) is 11.3 Å². The van der Waals surface area contributed by atoms with Crippen LogP contribution >= 0.6 is 11.3 Å². The van der Waals surface area contributed by atoms with E-state index in [1.54, 1.807) is 16.8 Å². The first-order chi connectivity index (χ1) is 8.74. The second kappa shape index (κ2) is 4.66. The Kier molecular flexibility index (Phi) is 3.01. The van der Waals surface area contributed by atoms with Crippen LogP contribution < -0.4 is 5.32 Å². The fourth-order valence-corrected chi connectivity index (χ4v) is 3.13. The molecule has 0 saturated heterocycles. The molecule has 2 unspecified atom stereocenters. The van der Waals surface area contributed by atoms with Gasteiger partial charge in [0, 0.05) is 5.69 Å². The van der Waals surface area contributed by atoms with E-state index in [-0.39, 0.29) is 11.8 Å². The molecule has 2 N–H and O–H groups in total. The van der Waals surface area contributed by atoms with E-state index in [0.29, 0.717) is 0 Å². The van der Waals surface area contributed by atoms with Crippen molar-refractivity contribution in [3.8, 4) is 0 Å². The van der Waals surface area contributed by atoms with Gasteiger partial charge >= 0.3 is 0 Å². The predicted molar refractivity (Wildman–Crippen MR) is 71.6 cm³/mol. The molecular formula is C13H14N2O2S. The smallest absolute Gasteiger partial charge is 0.230 e. The van der Waals surface area contributed by atoms with Gasteiger partial charge in [-0.25, -0.2) is 4.98 Å². The van der Waals surface area contributed by atoms with Crippen LogP contribution in [-0.2, 0) is 4.79 Å². The third-order valence-corrected chi connectivity index (χ3v) is 4.21. The summed E-state index contributed by atoms with van der Waals surface area (Å²) in [5.74, 6) is -0.342. The maximum Gasteiger partial charge on any atom is 0.230 e. The molecule has 0 radical (unpaired) electrons. The van der Waals surface area contributed by atoms with E-state index in [1.165, 1.54) is 0 Å². The lowest BCUT2D eigenvalue weighted by Gasteiger charge is -2.14. The lowest BCUT2D eigenvalue weighted by Crippen LogP contribution is -2.28. The number of amides is 1. The van der Waals surface area contributed by atoms with Crippen molar-refractivity contribution in [3.63, 3.8) is 0 Å². The third-order valence-electron chi connectivity index (χ3n) is 3.42. The molecular weight excluding hydrogens is 248 g/mol.